The van der Waals surface area contributed by atoms with E-state index in [0.29, 0.717) is 16.3 Å². The van der Waals surface area contributed by atoms with E-state index in [1.165, 1.54) is 18.2 Å². The normalized spacial score (nSPS) is 10.9. The fourth-order valence-corrected chi connectivity index (χ4v) is 2.57. The molecule has 0 bridgehead atoms. The minimum Gasteiger partial charge on any atom is -0.268 e. The molecule has 0 N–H and O–H groups in total. The van der Waals surface area contributed by atoms with E-state index >= 15 is 0 Å². The van der Waals surface area contributed by atoms with Crippen molar-refractivity contribution in [1.29, 1.82) is 0 Å². The van der Waals surface area contributed by atoms with Gasteiger partial charge in [0.2, 0.25) is 5.95 Å². The van der Waals surface area contributed by atoms with E-state index in [0.717, 1.165) is 4.57 Å². The number of aromatic nitrogens is 1. The van der Waals surface area contributed by atoms with Crippen LogP contribution >= 0.6 is 0 Å². The fourth-order valence-electron chi connectivity index (χ4n) is 2.57. The van der Waals surface area contributed by atoms with Crippen molar-refractivity contribution < 1.29 is 8.78 Å². The van der Waals surface area contributed by atoms with Crippen molar-refractivity contribution in [2.75, 3.05) is 0 Å². The van der Waals surface area contributed by atoms with Crippen LogP contribution in [0.25, 0.3) is 22.0 Å². The molecule has 0 radical (unpaired) electrons. The second kappa shape index (κ2) is 5.22. The Bertz CT molecular complexity index is 957. The summed E-state index contributed by atoms with van der Waals surface area (Å²) in [5.74, 6) is -1.47. The van der Waals surface area contributed by atoms with Crippen LogP contribution < -0.4 is 5.56 Å². The molecule has 0 aliphatic heterocycles. The van der Waals surface area contributed by atoms with Crippen LogP contribution in [0.15, 0.2) is 59.9 Å². The largest absolute Gasteiger partial charge is 0.268 e. The summed E-state index contributed by atoms with van der Waals surface area (Å²) >= 11 is 0. The lowest BCUT2D eigenvalue weighted by molar-refractivity contribution is 0.528. The van der Waals surface area contributed by atoms with Gasteiger partial charge in [-0.05, 0) is 36.1 Å². The molecular formula is C18H13F2NO. The molecule has 0 aliphatic rings. The zero-order chi connectivity index (χ0) is 15.9. The number of para-hydroxylation sites is 1. The Labute approximate surface area is 125 Å². The topological polar surface area (TPSA) is 22.0 Å². The summed E-state index contributed by atoms with van der Waals surface area (Å²) < 4.78 is 29.7. The van der Waals surface area contributed by atoms with Gasteiger partial charge < -0.3 is 0 Å². The first-order valence-electron chi connectivity index (χ1n) is 6.76. The molecule has 1 heterocycles. The molecular weight excluding hydrogens is 284 g/mol. The van der Waals surface area contributed by atoms with Crippen LogP contribution in [0, 0.1) is 11.8 Å². The third-order valence-corrected chi connectivity index (χ3v) is 3.55. The quantitative estimate of drug-likeness (QED) is 0.646. The Hall–Kier alpha value is -2.75. The molecule has 0 saturated heterocycles. The summed E-state index contributed by atoms with van der Waals surface area (Å²) in [6, 6.07) is 12.3. The van der Waals surface area contributed by atoms with Crippen molar-refractivity contribution in [2.24, 2.45) is 0 Å². The number of pyridine rings is 1. The van der Waals surface area contributed by atoms with Crippen molar-refractivity contribution in [2.45, 2.75) is 6.92 Å². The van der Waals surface area contributed by atoms with Crippen LogP contribution in [-0.2, 0) is 0 Å². The van der Waals surface area contributed by atoms with Crippen LogP contribution in [0.1, 0.15) is 12.5 Å². The monoisotopic (exact) mass is 297 g/mol. The number of allylic oxidation sites excluding steroid dienone is 1. The number of nitrogens with zero attached hydrogens (tertiary/aromatic N) is 1. The molecule has 2 nitrogen and oxygen atoms in total. The third-order valence-electron chi connectivity index (χ3n) is 3.55. The van der Waals surface area contributed by atoms with E-state index in [9.17, 15) is 13.6 Å². The zero-order valence-electron chi connectivity index (χ0n) is 11.9. The summed E-state index contributed by atoms with van der Waals surface area (Å²) in [6.07, 6.45) is 0. The Balaban J connectivity index is 2.55. The average molecular weight is 297 g/mol. The number of hydrogen-bond donors (Lipinski definition) is 0. The van der Waals surface area contributed by atoms with Gasteiger partial charge in [-0.1, -0.05) is 36.9 Å². The minimum absolute atomic E-state index is 0.113. The molecule has 1 aromatic heterocycles. The molecule has 0 saturated carbocycles. The molecule has 4 heteroatoms. The van der Waals surface area contributed by atoms with E-state index < -0.39 is 17.3 Å². The van der Waals surface area contributed by atoms with Crippen LogP contribution in [0.5, 0.6) is 0 Å². The average Bonchev–Trinajstić information content (AvgIpc) is 2.49. The summed E-state index contributed by atoms with van der Waals surface area (Å²) in [6.45, 7) is 5.43. The van der Waals surface area contributed by atoms with Gasteiger partial charge in [-0.25, -0.2) is 8.96 Å². The summed E-state index contributed by atoms with van der Waals surface area (Å²) in [7, 11) is 0. The molecule has 3 aromatic rings. The van der Waals surface area contributed by atoms with Crippen LogP contribution in [0.2, 0.25) is 0 Å². The number of fused-ring (bicyclic) bond motifs is 1. The lowest BCUT2D eigenvalue weighted by Gasteiger charge is -2.15. The highest BCUT2D eigenvalue weighted by Crippen LogP contribution is 2.26. The van der Waals surface area contributed by atoms with Gasteiger partial charge in [0.15, 0.2) is 0 Å². The molecule has 2 aromatic carbocycles. The smallest absolute Gasteiger partial charge is 0.265 e. The first-order valence-corrected chi connectivity index (χ1v) is 6.76. The first-order chi connectivity index (χ1) is 10.5. The Morgan fingerprint density at radius 1 is 1.00 bits per heavy atom. The van der Waals surface area contributed by atoms with E-state index in [4.69, 9.17) is 0 Å². The highest BCUT2D eigenvalue weighted by molar-refractivity contribution is 5.92. The first kappa shape index (κ1) is 14.2. The van der Waals surface area contributed by atoms with Gasteiger partial charge in [0.05, 0.1) is 5.69 Å². The fraction of sp³-hybridized carbons (Fsp3) is 0.0556. The highest BCUT2D eigenvalue weighted by atomic mass is 19.1. The van der Waals surface area contributed by atoms with Crippen molar-refractivity contribution in [3.05, 3.63) is 82.8 Å². The van der Waals surface area contributed by atoms with E-state index in [1.54, 1.807) is 37.3 Å². The molecule has 0 amide bonds. The maximum atomic E-state index is 14.9. The molecule has 0 atom stereocenters. The van der Waals surface area contributed by atoms with Gasteiger partial charge >= 0.3 is 0 Å². The predicted molar refractivity (Wildman–Crippen MR) is 84.2 cm³/mol. The van der Waals surface area contributed by atoms with Crippen LogP contribution in [0.3, 0.4) is 0 Å². The van der Waals surface area contributed by atoms with Crippen molar-refractivity contribution in [3.8, 4) is 5.69 Å². The number of benzene rings is 2. The molecule has 0 spiro atoms. The van der Waals surface area contributed by atoms with Gasteiger partial charge in [0.1, 0.15) is 5.82 Å². The predicted octanol–water partition coefficient (Wildman–Crippen LogP) is 4.30. The summed E-state index contributed by atoms with van der Waals surface area (Å²) in [4.78, 5) is 12.6. The second-order valence-electron chi connectivity index (χ2n) is 5.08. The van der Waals surface area contributed by atoms with Gasteiger partial charge in [0, 0.05) is 10.9 Å². The third kappa shape index (κ3) is 2.04. The standard InChI is InChI=1S/C18H13F2NO/c1-11(2)16-12-7-3-4-8-13(12)18(22)21(17(16)20)15-10-6-5-9-14(15)19/h3-10H,1H2,2H3. The minimum atomic E-state index is -0.804. The maximum Gasteiger partial charge on any atom is 0.265 e. The van der Waals surface area contributed by atoms with Crippen molar-refractivity contribution in [3.63, 3.8) is 0 Å². The van der Waals surface area contributed by atoms with Gasteiger partial charge in [0.25, 0.3) is 5.56 Å². The number of rotatable bonds is 2. The summed E-state index contributed by atoms with van der Waals surface area (Å²) in [5.41, 5.74) is -0.0151. The second-order valence-corrected chi connectivity index (χ2v) is 5.08. The molecule has 0 aliphatic carbocycles. The van der Waals surface area contributed by atoms with Crippen molar-refractivity contribution >= 4 is 16.3 Å². The Morgan fingerprint density at radius 2 is 1.59 bits per heavy atom. The van der Waals surface area contributed by atoms with Crippen LogP contribution in [-0.4, -0.2) is 4.57 Å². The Morgan fingerprint density at radius 3 is 2.23 bits per heavy atom. The molecule has 0 fully saturated rings. The molecule has 110 valence electrons. The van der Waals surface area contributed by atoms with Gasteiger partial charge in [-0.15, -0.1) is 0 Å². The van der Waals surface area contributed by atoms with E-state index in [2.05, 4.69) is 6.58 Å². The molecule has 22 heavy (non-hydrogen) atoms. The van der Waals surface area contributed by atoms with Crippen LogP contribution in [0.4, 0.5) is 8.78 Å². The molecule has 0 unspecified atom stereocenters. The lowest BCUT2D eigenvalue weighted by atomic mass is 10.0. The maximum absolute atomic E-state index is 14.9. The molecule has 3 rings (SSSR count). The highest BCUT2D eigenvalue weighted by Gasteiger charge is 2.19. The SMILES string of the molecule is C=C(C)c1c(F)n(-c2ccccc2F)c(=O)c2ccccc12. The van der Waals surface area contributed by atoms with Crippen molar-refractivity contribution in [1.82, 2.24) is 4.57 Å². The summed E-state index contributed by atoms with van der Waals surface area (Å²) in [5, 5.41) is 0.801. The zero-order valence-corrected chi connectivity index (χ0v) is 11.9. The number of halogens is 2. The van der Waals surface area contributed by atoms with Gasteiger partial charge in [-0.2, -0.15) is 4.39 Å². The van der Waals surface area contributed by atoms with Gasteiger partial charge in [-0.3, -0.25) is 4.79 Å². The van der Waals surface area contributed by atoms with E-state index in [1.807, 2.05) is 0 Å². The number of hydrogen-bond acceptors (Lipinski definition) is 1. The Kier molecular flexibility index (Phi) is 3.37. The van der Waals surface area contributed by atoms with E-state index in [-0.39, 0.29) is 11.3 Å². The lowest BCUT2D eigenvalue weighted by Crippen LogP contribution is -2.24.